The third-order valence-corrected chi connectivity index (χ3v) is 10.9. The SMILES string of the molecule is CCOc1cc(C(=O)O)ccc1N(Cc1cc(C2CC2)cc(C2CC2)c1)C(=O)CN(Cc1ccccc1C#N)S(=O)(=O)c1c(F)c(F)c(F)c(F)c1F. The van der Waals surface area contributed by atoms with Gasteiger partial charge in [-0.3, -0.25) is 4.79 Å². The lowest BCUT2D eigenvalue weighted by Crippen LogP contribution is -2.43. The summed E-state index contributed by atoms with van der Waals surface area (Å²) in [6.07, 6.45) is 3.93. The summed E-state index contributed by atoms with van der Waals surface area (Å²) in [5.41, 5.74) is 2.50. The molecular weight excluding hydrogens is 721 g/mol. The van der Waals surface area contributed by atoms with E-state index in [0.717, 1.165) is 41.7 Å². The van der Waals surface area contributed by atoms with Crippen LogP contribution in [0.2, 0.25) is 0 Å². The maximum atomic E-state index is 15.1. The van der Waals surface area contributed by atoms with Crippen LogP contribution in [0.3, 0.4) is 0 Å². The molecule has 1 amide bonds. The number of nitriles is 1. The molecule has 2 aliphatic rings. The summed E-state index contributed by atoms with van der Waals surface area (Å²) >= 11 is 0. The van der Waals surface area contributed by atoms with Crippen molar-refractivity contribution >= 4 is 27.6 Å². The maximum absolute atomic E-state index is 15.1. The third-order valence-electron chi connectivity index (χ3n) is 9.14. The Bertz CT molecular complexity index is 2210. The first-order valence-corrected chi connectivity index (χ1v) is 18.1. The number of nitrogens with zero attached hydrogens (tertiary/aromatic N) is 3. The van der Waals surface area contributed by atoms with Gasteiger partial charge in [0.2, 0.25) is 21.7 Å². The van der Waals surface area contributed by atoms with Gasteiger partial charge in [-0.15, -0.1) is 0 Å². The summed E-state index contributed by atoms with van der Waals surface area (Å²) in [6, 6.07) is 17.0. The topological polar surface area (TPSA) is 128 Å². The third kappa shape index (κ3) is 7.74. The summed E-state index contributed by atoms with van der Waals surface area (Å²) in [5, 5.41) is 19.3. The number of anilines is 1. The Kier molecular flexibility index (Phi) is 10.6. The van der Waals surface area contributed by atoms with Crippen LogP contribution < -0.4 is 9.64 Å². The molecule has 6 rings (SSSR count). The average Bonchev–Trinajstić information content (AvgIpc) is 4.06. The molecule has 0 aliphatic heterocycles. The molecule has 53 heavy (non-hydrogen) atoms. The van der Waals surface area contributed by atoms with Crippen molar-refractivity contribution in [2.24, 2.45) is 0 Å². The molecule has 2 fully saturated rings. The van der Waals surface area contributed by atoms with Crippen LogP contribution in [0.1, 0.15) is 82.6 Å². The molecule has 1 N–H and O–H groups in total. The molecule has 0 bridgehead atoms. The molecule has 9 nitrogen and oxygen atoms in total. The van der Waals surface area contributed by atoms with Crippen LogP contribution in [0.25, 0.3) is 0 Å². The second-order valence-electron chi connectivity index (χ2n) is 12.9. The molecule has 0 spiro atoms. The Labute approximate surface area is 301 Å². The van der Waals surface area contributed by atoms with Crippen LogP contribution in [0.15, 0.2) is 65.6 Å². The Morgan fingerprint density at radius 1 is 0.849 bits per heavy atom. The van der Waals surface area contributed by atoms with Gasteiger partial charge in [0.15, 0.2) is 28.2 Å². The summed E-state index contributed by atoms with van der Waals surface area (Å²) < 4.78 is 107. The largest absolute Gasteiger partial charge is 0.492 e. The molecule has 0 saturated heterocycles. The van der Waals surface area contributed by atoms with Gasteiger partial charge in [-0.2, -0.15) is 9.57 Å². The molecule has 4 aromatic carbocycles. The fraction of sp³-hybridized carbons (Fsp3) is 0.289. The number of halogens is 5. The number of sulfonamides is 1. The number of ether oxygens (including phenoxy) is 1. The zero-order valence-corrected chi connectivity index (χ0v) is 29.0. The van der Waals surface area contributed by atoms with Crippen molar-refractivity contribution in [3.05, 3.63) is 123 Å². The molecule has 276 valence electrons. The van der Waals surface area contributed by atoms with Gasteiger partial charge in [0.25, 0.3) is 0 Å². The Hall–Kier alpha value is -5.33. The minimum Gasteiger partial charge on any atom is -0.492 e. The fourth-order valence-electron chi connectivity index (χ4n) is 6.13. The van der Waals surface area contributed by atoms with Gasteiger partial charge in [0, 0.05) is 6.54 Å². The predicted molar refractivity (Wildman–Crippen MR) is 181 cm³/mol. The van der Waals surface area contributed by atoms with Crippen LogP contribution >= 0.6 is 0 Å². The van der Waals surface area contributed by atoms with Crippen molar-refractivity contribution in [1.29, 1.82) is 5.26 Å². The van der Waals surface area contributed by atoms with E-state index in [9.17, 15) is 41.5 Å². The predicted octanol–water partition coefficient (Wildman–Crippen LogP) is 7.53. The van der Waals surface area contributed by atoms with Gasteiger partial charge in [0.1, 0.15) is 5.75 Å². The number of benzene rings is 4. The van der Waals surface area contributed by atoms with E-state index in [2.05, 4.69) is 6.07 Å². The van der Waals surface area contributed by atoms with E-state index < -0.39 is 69.0 Å². The van der Waals surface area contributed by atoms with Crippen molar-refractivity contribution in [2.75, 3.05) is 18.1 Å². The van der Waals surface area contributed by atoms with Crippen molar-refractivity contribution in [3.63, 3.8) is 0 Å². The van der Waals surface area contributed by atoms with Crippen molar-refractivity contribution in [1.82, 2.24) is 4.31 Å². The average molecular weight is 754 g/mol. The smallest absolute Gasteiger partial charge is 0.335 e. The van der Waals surface area contributed by atoms with Gasteiger partial charge < -0.3 is 14.7 Å². The van der Waals surface area contributed by atoms with E-state index in [1.807, 2.05) is 18.2 Å². The molecule has 15 heteroatoms. The summed E-state index contributed by atoms with van der Waals surface area (Å²) in [6.45, 7) is -0.644. The number of amides is 1. The summed E-state index contributed by atoms with van der Waals surface area (Å²) in [7, 11) is -5.72. The van der Waals surface area contributed by atoms with Gasteiger partial charge in [-0.1, -0.05) is 36.4 Å². The highest BCUT2D eigenvalue weighted by molar-refractivity contribution is 7.89. The number of aromatic carboxylic acids is 1. The number of hydrogen-bond donors (Lipinski definition) is 1. The van der Waals surface area contributed by atoms with E-state index in [1.165, 1.54) is 42.5 Å². The number of carboxylic acid groups (broad SMARTS) is 1. The zero-order valence-electron chi connectivity index (χ0n) is 28.2. The highest BCUT2D eigenvalue weighted by Gasteiger charge is 2.39. The highest BCUT2D eigenvalue weighted by atomic mass is 32.2. The van der Waals surface area contributed by atoms with E-state index in [0.29, 0.717) is 17.4 Å². The van der Waals surface area contributed by atoms with Crippen molar-refractivity contribution < 1.29 is 49.8 Å². The van der Waals surface area contributed by atoms with Crippen molar-refractivity contribution in [2.45, 2.75) is 62.4 Å². The van der Waals surface area contributed by atoms with Gasteiger partial charge in [0.05, 0.1) is 42.6 Å². The molecule has 2 saturated carbocycles. The van der Waals surface area contributed by atoms with E-state index in [1.54, 1.807) is 6.92 Å². The van der Waals surface area contributed by atoms with Crippen LogP contribution in [-0.4, -0.2) is 42.9 Å². The maximum Gasteiger partial charge on any atom is 0.335 e. The minimum atomic E-state index is -5.72. The second-order valence-corrected chi connectivity index (χ2v) is 14.8. The lowest BCUT2D eigenvalue weighted by Gasteiger charge is -2.29. The first-order chi connectivity index (χ1) is 25.2. The summed E-state index contributed by atoms with van der Waals surface area (Å²) in [4.78, 5) is 25.4. The number of hydrogen-bond acceptors (Lipinski definition) is 6. The van der Waals surface area contributed by atoms with Crippen LogP contribution in [0.5, 0.6) is 5.75 Å². The monoisotopic (exact) mass is 753 g/mol. The van der Waals surface area contributed by atoms with E-state index in [4.69, 9.17) is 4.74 Å². The Morgan fingerprint density at radius 3 is 1.98 bits per heavy atom. The van der Waals surface area contributed by atoms with E-state index in [-0.39, 0.29) is 45.6 Å². The number of rotatable bonds is 14. The molecule has 0 atom stereocenters. The number of carbonyl (C=O) groups is 2. The van der Waals surface area contributed by atoms with Gasteiger partial charge >= 0.3 is 5.97 Å². The van der Waals surface area contributed by atoms with Crippen molar-refractivity contribution in [3.8, 4) is 11.8 Å². The lowest BCUT2D eigenvalue weighted by atomic mass is 9.99. The number of carbonyl (C=O) groups excluding carboxylic acids is 1. The zero-order chi connectivity index (χ0) is 38.2. The standard InChI is InChI=1S/C38H32F5N3O6S/c1-2-52-30-16-24(38(48)49)11-12-29(30)46(18-21-13-27(22-7-8-22)15-28(14-21)23-9-10-23)31(47)20-45(19-26-6-4-3-5-25(26)17-44)53(50,51)37-35(42)33(40)32(39)34(41)36(37)43/h3-6,11-16,22-23H,2,7-10,18-20H2,1H3,(H,48,49). The molecule has 2 aliphatic carbocycles. The van der Waals surface area contributed by atoms with Crippen LogP contribution in [0, 0.1) is 40.4 Å². The van der Waals surface area contributed by atoms with Gasteiger partial charge in [-0.05, 0) is 91.0 Å². The molecule has 0 heterocycles. The van der Waals surface area contributed by atoms with Gasteiger partial charge in [-0.25, -0.2) is 35.2 Å². The lowest BCUT2D eigenvalue weighted by molar-refractivity contribution is -0.119. The molecule has 4 aromatic rings. The molecule has 0 unspecified atom stereocenters. The first-order valence-electron chi connectivity index (χ1n) is 16.7. The highest BCUT2D eigenvalue weighted by Crippen LogP contribution is 2.46. The molecular formula is C38H32F5N3O6S. The minimum absolute atomic E-state index is 0.0256. The van der Waals surface area contributed by atoms with Crippen LogP contribution in [-0.2, 0) is 27.9 Å². The quantitative estimate of drug-likeness (QED) is 0.0801. The first kappa shape index (κ1) is 37.4. The van der Waals surface area contributed by atoms with Crippen LogP contribution in [0.4, 0.5) is 27.6 Å². The van der Waals surface area contributed by atoms with E-state index >= 15 is 8.78 Å². The fourth-order valence-corrected chi connectivity index (χ4v) is 7.61. The second kappa shape index (κ2) is 15.0. The number of carboxylic acids is 1. The normalized spacial score (nSPS) is 14.2. The molecule has 0 aromatic heterocycles. The summed E-state index contributed by atoms with van der Waals surface area (Å²) in [5.74, 6) is -14.6. The Morgan fingerprint density at radius 2 is 1.43 bits per heavy atom. The Balaban J connectivity index is 1.49. The molecule has 0 radical (unpaired) electrons.